The molecule has 132 valence electrons. The van der Waals surface area contributed by atoms with Crippen molar-refractivity contribution in [1.82, 2.24) is 15.3 Å². The fraction of sp³-hybridized carbons (Fsp3) is 0.353. The first-order chi connectivity index (χ1) is 11.9. The molecule has 1 fully saturated rings. The highest BCUT2D eigenvalue weighted by atomic mass is 19.1. The Hall–Kier alpha value is -2.64. The molecule has 1 heterocycles. The maximum atomic E-state index is 13.8. The summed E-state index contributed by atoms with van der Waals surface area (Å²) in [6.07, 6.45) is 3.01. The number of aromatic nitrogens is 2. The van der Waals surface area contributed by atoms with E-state index in [0.717, 1.165) is 18.9 Å². The molecule has 0 aliphatic heterocycles. The summed E-state index contributed by atoms with van der Waals surface area (Å²) >= 11 is 0. The van der Waals surface area contributed by atoms with Crippen molar-refractivity contribution in [2.45, 2.75) is 19.3 Å². The van der Waals surface area contributed by atoms with Gasteiger partial charge in [0.2, 0.25) is 5.82 Å². The second-order valence-corrected chi connectivity index (χ2v) is 6.16. The Bertz CT molecular complexity index is 849. The molecule has 0 radical (unpaired) electrons. The Kier molecular flexibility index (Phi) is 4.87. The molecule has 1 unspecified atom stereocenters. The normalized spacial score (nSPS) is 15.0. The predicted octanol–water partition coefficient (Wildman–Crippen LogP) is 2.19. The maximum Gasteiger partial charge on any atom is 0.287 e. The lowest BCUT2D eigenvalue weighted by atomic mass is 9.94. The molecule has 1 amide bonds. The Morgan fingerprint density at radius 1 is 1.28 bits per heavy atom. The first kappa shape index (κ1) is 17.2. The molecule has 0 bridgehead atoms. The van der Waals surface area contributed by atoms with E-state index in [-0.39, 0.29) is 18.3 Å². The summed E-state index contributed by atoms with van der Waals surface area (Å²) in [4.78, 5) is 28.8. The summed E-state index contributed by atoms with van der Waals surface area (Å²) in [6, 6.07) is 3.44. The first-order valence-corrected chi connectivity index (χ1v) is 7.91. The van der Waals surface area contributed by atoms with Gasteiger partial charge in [-0.1, -0.05) is 6.07 Å². The Morgan fingerprint density at radius 2 is 2.04 bits per heavy atom. The minimum absolute atomic E-state index is 0.0175. The predicted molar refractivity (Wildman–Crippen MR) is 83.4 cm³/mol. The van der Waals surface area contributed by atoms with Gasteiger partial charge in [-0.2, -0.15) is 4.39 Å². The molecular formula is C17H16F3N3O2. The number of carbonyl (C=O) groups excluding carboxylic acids is 1. The van der Waals surface area contributed by atoms with Crippen molar-refractivity contribution in [3.63, 3.8) is 0 Å². The molecule has 0 saturated heterocycles. The van der Waals surface area contributed by atoms with E-state index in [1.807, 2.05) is 0 Å². The third-order valence-corrected chi connectivity index (χ3v) is 4.28. The Morgan fingerprint density at radius 3 is 2.68 bits per heavy atom. The van der Waals surface area contributed by atoms with Gasteiger partial charge in [0.05, 0.1) is 6.20 Å². The second kappa shape index (κ2) is 7.08. The van der Waals surface area contributed by atoms with Crippen LogP contribution < -0.4 is 10.9 Å². The SMILES string of the molecule is O=C(NCC(Cc1ccc(F)cc1F)C1CC1)c1ncc(F)c(=O)[nH]1. The van der Waals surface area contributed by atoms with Crippen molar-refractivity contribution in [3.05, 3.63) is 63.6 Å². The van der Waals surface area contributed by atoms with Gasteiger partial charge in [0, 0.05) is 12.6 Å². The number of carbonyl (C=O) groups is 1. The largest absolute Gasteiger partial charge is 0.349 e. The van der Waals surface area contributed by atoms with Gasteiger partial charge in [-0.3, -0.25) is 14.6 Å². The van der Waals surface area contributed by atoms with Crippen molar-refractivity contribution in [2.75, 3.05) is 6.54 Å². The number of amides is 1. The van der Waals surface area contributed by atoms with Crippen LogP contribution in [0.25, 0.3) is 0 Å². The number of halogens is 3. The average Bonchev–Trinajstić information content (AvgIpc) is 3.40. The van der Waals surface area contributed by atoms with Crippen molar-refractivity contribution in [3.8, 4) is 0 Å². The van der Waals surface area contributed by atoms with E-state index in [4.69, 9.17) is 0 Å². The zero-order valence-electron chi connectivity index (χ0n) is 13.2. The third kappa shape index (κ3) is 4.26. The van der Waals surface area contributed by atoms with Crippen molar-refractivity contribution in [2.24, 2.45) is 11.8 Å². The van der Waals surface area contributed by atoms with E-state index in [1.165, 1.54) is 12.1 Å². The van der Waals surface area contributed by atoms with Crippen LogP contribution in [0.1, 0.15) is 29.0 Å². The molecule has 2 N–H and O–H groups in total. The smallest absolute Gasteiger partial charge is 0.287 e. The standard InChI is InChI=1S/C17H16F3N3O2/c18-12-4-3-10(13(19)6-12)5-11(9-1-2-9)7-22-17(25)15-21-8-14(20)16(24)23-15/h3-4,6,8-9,11H,1-2,5,7H2,(H,22,25)(H,21,23,24). The van der Waals surface area contributed by atoms with Crippen molar-refractivity contribution in [1.29, 1.82) is 0 Å². The maximum absolute atomic E-state index is 13.8. The zero-order valence-corrected chi connectivity index (χ0v) is 13.2. The molecule has 5 nitrogen and oxygen atoms in total. The van der Waals surface area contributed by atoms with Crippen LogP contribution >= 0.6 is 0 Å². The van der Waals surface area contributed by atoms with Crippen molar-refractivity contribution >= 4 is 5.91 Å². The van der Waals surface area contributed by atoms with E-state index in [9.17, 15) is 22.8 Å². The van der Waals surface area contributed by atoms with Crippen LogP contribution in [0.2, 0.25) is 0 Å². The van der Waals surface area contributed by atoms with Gasteiger partial charge in [0.15, 0.2) is 5.82 Å². The number of hydrogen-bond donors (Lipinski definition) is 2. The summed E-state index contributed by atoms with van der Waals surface area (Å²) in [5.74, 6) is -2.90. The first-order valence-electron chi connectivity index (χ1n) is 7.91. The minimum atomic E-state index is -1.07. The molecular weight excluding hydrogens is 335 g/mol. The van der Waals surface area contributed by atoms with E-state index in [2.05, 4.69) is 15.3 Å². The summed E-state index contributed by atoms with van der Waals surface area (Å²) in [5.41, 5.74) is -0.631. The Labute approximate surface area is 141 Å². The molecule has 1 atom stereocenters. The van der Waals surface area contributed by atoms with Gasteiger partial charge in [0.1, 0.15) is 11.6 Å². The monoisotopic (exact) mass is 351 g/mol. The summed E-state index contributed by atoms with van der Waals surface area (Å²) in [7, 11) is 0. The topological polar surface area (TPSA) is 74.8 Å². The van der Waals surface area contributed by atoms with Crippen LogP contribution in [0, 0.1) is 29.3 Å². The summed E-state index contributed by atoms with van der Waals surface area (Å²) in [6.45, 7) is 0.251. The summed E-state index contributed by atoms with van der Waals surface area (Å²) in [5, 5.41) is 2.63. The van der Waals surface area contributed by atoms with Gasteiger partial charge < -0.3 is 5.32 Å². The molecule has 1 aromatic carbocycles. The van der Waals surface area contributed by atoms with Gasteiger partial charge in [-0.15, -0.1) is 0 Å². The fourth-order valence-electron chi connectivity index (χ4n) is 2.75. The van der Waals surface area contributed by atoms with Crippen LogP contribution in [-0.4, -0.2) is 22.4 Å². The highest BCUT2D eigenvalue weighted by molar-refractivity contribution is 5.90. The Balaban J connectivity index is 1.65. The lowest BCUT2D eigenvalue weighted by Crippen LogP contribution is -2.33. The van der Waals surface area contributed by atoms with E-state index in [1.54, 1.807) is 0 Å². The highest BCUT2D eigenvalue weighted by Gasteiger charge is 2.32. The van der Waals surface area contributed by atoms with Gasteiger partial charge in [-0.25, -0.2) is 13.8 Å². The highest BCUT2D eigenvalue weighted by Crippen LogP contribution is 2.38. The number of nitrogens with zero attached hydrogens (tertiary/aromatic N) is 1. The molecule has 1 saturated carbocycles. The van der Waals surface area contributed by atoms with E-state index < -0.39 is 28.9 Å². The minimum Gasteiger partial charge on any atom is -0.349 e. The van der Waals surface area contributed by atoms with E-state index in [0.29, 0.717) is 24.1 Å². The van der Waals surface area contributed by atoms with Crippen LogP contribution in [0.4, 0.5) is 13.2 Å². The van der Waals surface area contributed by atoms with Gasteiger partial charge >= 0.3 is 0 Å². The quantitative estimate of drug-likeness (QED) is 0.838. The molecule has 25 heavy (non-hydrogen) atoms. The molecule has 3 rings (SSSR count). The fourth-order valence-corrected chi connectivity index (χ4v) is 2.75. The third-order valence-electron chi connectivity index (χ3n) is 4.28. The number of nitrogens with one attached hydrogen (secondary N) is 2. The second-order valence-electron chi connectivity index (χ2n) is 6.16. The van der Waals surface area contributed by atoms with Crippen molar-refractivity contribution < 1.29 is 18.0 Å². The van der Waals surface area contributed by atoms with Crippen LogP contribution in [0.3, 0.4) is 0 Å². The molecule has 0 spiro atoms. The van der Waals surface area contributed by atoms with E-state index >= 15 is 0 Å². The van der Waals surface area contributed by atoms with Gasteiger partial charge in [-0.05, 0) is 42.7 Å². The molecule has 2 aromatic rings. The number of aromatic amines is 1. The number of benzene rings is 1. The average molecular weight is 351 g/mol. The number of rotatable bonds is 6. The summed E-state index contributed by atoms with van der Waals surface area (Å²) < 4.78 is 39.7. The van der Waals surface area contributed by atoms with Crippen LogP contribution in [0.15, 0.2) is 29.2 Å². The van der Waals surface area contributed by atoms with Crippen LogP contribution in [-0.2, 0) is 6.42 Å². The molecule has 1 aliphatic carbocycles. The molecule has 1 aliphatic rings. The number of hydrogen-bond acceptors (Lipinski definition) is 3. The lowest BCUT2D eigenvalue weighted by molar-refractivity contribution is 0.0934. The number of H-pyrrole nitrogens is 1. The lowest BCUT2D eigenvalue weighted by Gasteiger charge is -2.17. The van der Waals surface area contributed by atoms with Crippen LogP contribution in [0.5, 0.6) is 0 Å². The zero-order chi connectivity index (χ0) is 18.0. The molecule has 8 heteroatoms. The van der Waals surface area contributed by atoms with Gasteiger partial charge in [0.25, 0.3) is 11.5 Å². The molecule has 1 aromatic heterocycles.